The van der Waals surface area contributed by atoms with Crippen molar-refractivity contribution in [2.45, 2.75) is 82.7 Å². The summed E-state index contributed by atoms with van der Waals surface area (Å²) in [7, 11) is 0. The summed E-state index contributed by atoms with van der Waals surface area (Å²) in [5, 5.41) is 14.0. The molecule has 0 radical (unpaired) electrons. The highest BCUT2D eigenvalue weighted by molar-refractivity contribution is 8.00. The molecule has 0 aliphatic carbocycles. The van der Waals surface area contributed by atoms with Gasteiger partial charge in [0.2, 0.25) is 5.91 Å². The van der Waals surface area contributed by atoms with E-state index in [1.807, 2.05) is 36.6 Å². The van der Waals surface area contributed by atoms with Gasteiger partial charge < -0.3 is 10.4 Å². The zero-order chi connectivity index (χ0) is 25.4. The summed E-state index contributed by atoms with van der Waals surface area (Å²) >= 11 is 2.68. The third-order valence-corrected chi connectivity index (χ3v) is 8.21. The molecule has 1 amide bonds. The maximum atomic E-state index is 13.4. The molecule has 0 aliphatic rings. The molecule has 2 N–H and O–H groups in total. The summed E-state index contributed by atoms with van der Waals surface area (Å²) in [6.07, 6.45) is 4.30. The van der Waals surface area contributed by atoms with Crippen molar-refractivity contribution in [3.8, 4) is 0 Å². The first-order valence-corrected chi connectivity index (χ1v) is 13.9. The van der Waals surface area contributed by atoms with Gasteiger partial charge in [0.1, 0.15) is 4.70 Å². The molecule has 7 nitrogen and oxygen atoms in total. The molecule has 0 aliphatic heterocycles. The number of carbonyl (C=O) groups excluding carboxylic acids is 1. The van der Waals surface area contributed by atoms with E-state index in [4.69, 9.17) is 10.1 Å². The number of aliphatic carboxylic acids is 1. The normalized spacial score (nSPS) is 12.1. The van der Waals surface area contributed by atoms with E-state index in [0.29, 0.717) is 47.6 Å². The van der Waals surface area contributed by atoms with Crippen LogP contribution in [0.5, 0.6) is 0 Å². The number of anilines is 1. The summed E-state index contributed by atoms with van der Waals surface area (Å²) in [6.45, 7) is 6.55. The Balaban J connectivity index is 1.84. The van der Waals surface area contributed by atoms with Crippen molar-refractivity contribution in [1.82, 2.24) is 9.55 Å². The van der Waals surface area contributed by atoms with Gasteiger partial charge in [-0.05, 0) is 54.7 Å². The molecule has 2 heterocycles. The van der Waals surface area contributed by atoms with Crippen LogP contribution in [-0.2, 0) is 29.0 Å². The van der Waals surface area contributed by atoms with Crippen LogP contribution in [0.1, 0.15) is 64.0 Å². The fraction of sp³-hybridized carbons (Fsp3) is 0.462. The number of nitrogens with zero attached hydrogens (tertiary/aromatic N) is 2. The van der Waals surface area contributed by atoms with E-state index in [1.54, 1.807) is 4.57 Å². The van der Waals surface area contributed by atoms with E-state index in [0.717, 1.165) is 29.7 Å². The highest BCUT2D eigenvalue weighted by Crippen LogP contribution is 2.29. The number of carboxylic acid groups (broad SMARTS) is 1. The second-order valence-corrected chi connectivity index (χ2v) is 10.4. The minimum absolute atomic E-state index is 0.0965. The predicted octanol–water partition coefficient (Wildman–Crippen LogP) is 5.74. The lowest BCUT2D eigenvalue weighted by molar-refractivity contribution is -0.137. The fourth-order valence-corrected chi connectivity index (χ4v) is 5.81. The largest absolute Gasteiger partial charge is 0.481 e. The van der Waals surface area contributed by atoms with Crippen molar-refractivity contribution in [1.29, 1.82) is 0 Å². The molecule has 3 rings (SSSR count). The van der Waals surface area contributed by atoms with Crippen LogP contribution in [0.3, 0.4) is 0 Å². The highest BCUT2D eigenvalue weighted by Gasteiger charge is 2.23. The first-order valence-electron chi connectivity index (χ1n) is 12.2. The number of aryl methyl sites for hydroxylation is 2. The number of amides is 1. The quantitative estimate of drug-likeness (QED) is 0.171. The number of thioether (sulfide) groups is 1. The number of benzene rings is 1. The topological polar surface area (TPSA) is 101 Å². The Labute approximate surface area is 214 Å². The molecular weight excluding hydrogens is 482 g/mol. The Kier molecular flexibility index (Phi) is 9.92. The van der Waals surface area contributed by atoms with Gasteiger partial charge in [0, 0.05) is 18.7 Å². The van der Waals surface area contributed by atoms with Crippen molar-refractivity contribution < 1.29 is 14.7 Å². The molecule has 1 atom stereocenters. The smallest absolute Gasteiger partial charge is 0.303 e. The zero-order valence-corrected chi connectivity index (χ0v) is 22.1. The molecule has 0 bridgehead atoms. The summed E-state index contributed by atoms with van der Waals surface area (Å²) in [6, 6.07) is 7.93. The number of thiophene rings is 1. The van der Waals surface area contributed by atoms with E-state index in [2.05, 4.69) is 19.2 Å². The van der Waals surface area contributed by atoms with Crippen molar-refractivity contribution in [3.05, 3.63) is 51.1 Å². The summed E-state index contributed by atoms with van der Waals surface area (Å²) in [4.78, 5) is 42.1. The van der Waals surface area contributed by atoms with Crippen molar-refractivity contribution >= 4 is 50.9 Å². The minimum atomic E-state index is -0.812. The maximum Gasteiger partial charge on any atom is 0.303 e. The molecule has 0 saturated heterocycles. The molecular formula is C26H33N3O4S2. The number of unbranched alkanes of at least 4 members (excludes halogenated alkanes) is 2. The minimum Gasteiger partial charge on any atom is -0.481 e. The van der Waals surface area contributed by atoms with Gasteiger partial charge >= 0.3 is 5.97 Å². The van der Waals surface area contributed by atoms with E-state index < -0.39 is 11.2 Å². The van der Waals surface area contributed by atoms with Gasteiger partial charge in [0.25, 0.3) is 5.56 Å². The molecule has 3 aromatic rings. The van der Waals surface area contributed by atoms with Gasteiger partial charge in [-0.25, -0.2) is 4.98 Å². The maximum absolute atomic E-state index is 13.4. The number of para-hydroxylation sites is 1. The third-order valence-electron chi connectivity index (χ3n) is 5.96. The van der Waals surface area contributed by atoms with Crippen LogP contribution in [-0.4, -0.2) is 31.8 Å². The monoisotopic (exact) mass is 515 g/mol. The van der Waals surface area contributed by atoms with Crippen molar-refractivity contribution in [2.24, 2.45) is 0 Å². The Morgan fingerprint density at radius 1 is 1.11 bits per heavy atom. The summed E-state index contributed by atoms with van der Waals surface area (Å²) < 4.78 is 2.25. The molecule has 2 aromatic heterocycles. The highest BCUT2D eigenvalue weighted by atomic mass is 32.2. The number of nitrogens with one attached hydrogen (secondary N) is 1. The van der Waals surface area contributed by atoms with Crippen LogP contribution >= 0.6 is 23.1 Å². The molecule has 35 heavy (non-hydrogen) atoms. The predicted molar refractivity (Wildman–Crippen MR) is 144 cm³/mol. The van der Waals surface area contributed by atoms with E-state index in [1.165, 1.54) is 23.1 Å². The van der Waals surface area contributed by atoms with Gasteiger partial charge in [-0.1, -0.05) is 57.2 Å². The first-order chi connectivity index (χ1) is 16.9. The number of carbonyl (C=O) groups is 2. The van der Waals surface area contributed by atoms with Crippen LogP contribution in [0.2, 0.25) is 0 Å². The first kappa shape index (κ1) is 26.9. The zero-order valence-electron chi connectivity index (χ0n) is 20.5. The second-order valence-electron chi connectivity index (χ2n) is 8.35. The van der Waals surface area contributed by atoms with Crippen LogP contribution in [0, 0.1) is 0 Å². The average Bonchev–Trinajstić information content (AvgIpc) is 3.32. The van der Waals surface area contributed by atoms with E-state index in [-0.39, 0.29) is 17.9 Å². The standard InChI is InChI=1S/C26H33N3O4S2/c1-4-17-11-10-12-18(5-2)22(17)28-24(32)20(6-3)35-26-27-19-14-16-34-23(19)25(33)29(26)15-9-7-8-13-21(30)31/h10-12,14,16,20H,4-9,13,15H2,1-3H3,(H,28,32)(H,30,31). The summed E-state index contributed by atoms with van der Waals surface area (Å²) in [5.74, 6) is -0.909. The lowest BCUT2D eigenvalue weighted by Gasteiger charge is -2.20. The molecule has 0 spiro atoms. The van der Waals surface area contributed by atoms with Gasteiger partial charge in [-0.2, -0.15) is 0 Å². The van der Waals surface area contributed by atoms with Crippen LogP contribution in [0.15, 0.2) is 39.6 Å². The van der Waals surface area contributed by atoms with Crippen molar-refractivity contribution in [2.75, 3.05) is 5.32 Å². The van der Waals surface area contributed by atoms with Gasteiger partial charge in [0.15, 0.2) is 5.16 Å². The molecule has 188 valence electrons. The number of carboxylic acids is 1. The van der Waals surface area contributed by atoms with Crippen molar-refractivity contribution in [3.63, 3.8) is 0 Å². The lowest BCUT2D eigenvalue weighted by Crippen LogP contribution is -2.28. The van der Waals surface area contributed by atoms with E-state index in [9.17, 15) is 14.4 Å². The van der Waals surface area contributed by atoms with E-state index >= 15 is 0 Å². The molecule has 9 heteroatoms. The number of hydrogen-bond donors (Lipinski definition) is 2. The Morgan fingerprint density at radius 3 is 2.46 bits per heavy atom. The fourth-order valence-electron chi connectivity index (χ4n) is 3.99. The number of rotatable bonds is 13. The molecule has 1 aromatic carbocycles. The average molecular weight is 516 g/mol. The molecule has 1 unspecified atom stereocenters. The Morgan fingerprint density at radius 2 is 1.83 bits per heavy atom. The molecule has 0 saturated carbocycles. The Bertz CT molecular complexity index is 1210. The molecule has 0 fully saturated rings. The van der Waals surface area contributed by atoms with Gasteiger partial charge in [-0.15, -0.1) is 11.3 Å². The van der Waals surface area contributed by atoms with Gasteiger partial charge in [0.05, 0.1) is 10.8 Å². The van der Waals surface area contributed by atoms with Crippen LogP contribution in [0.25, 0.3) is 10.2 Å². The van der Waals surface area contributed by atoms with Crippen LogP contribution in [0.4, 0.5) is 5.69 Å². The lowest BCUT2D eigenvalue weighted by atomic mass is 10.0. The second kappa shape index (κ2) is 12.9. The number of aromatic nitrogens is 2. The van der Waals surface area contributed by atoms with Gasteiger partial charge in [-0.3, -0.25) is 19.0 Å². The third kappa shape index (κ3) is 6.73. The number of fused-ring (bicyclic) bond motifs is 1. The Hall–Kier alpha value is -2.65. The SMILES string of the molecule is CCc1cccc(CC)c1NC(=O)C(CC)Sc1nc2ccsc2c(=O)n1CCCCCC(=O)O. The summed E-state index contributed by atoms with van der Waals surface area (Å²) in [5.41, 5.74) is 3.64. The number of hydrogen-bond acceptors (Lipinski definition) is 6. The van der Waals surface area contributed by atoms with Crippen LogP contribution < -0.4 is 10.9 Å².